The van der Waals surface area contributed by atoms with Gasteiger partial charge in [0, 0.05) is 35.9 Å². The molecule has 1 aliphatic heterocycles. The molecule has 0 aromatic heterocycles. The van der Waals surface area contributed by atoms with Crippen molar-refractivity contribution in [2.75, 3.05) is 50.4 Å². The van der Waals surface area contributed by atoms with E-state index < -0.39 is 53.0 Å². The molecule has 4 N–H and O–H groups in total. The molecule has 2 rings (SSSR count). The van der Waals surface area contributed by atoms with Crippen molar-refractivity contribution < 1.29 is 47.7 Å². The van der Waals surface area contributed by atoms with Crippen LogP contribution in [0, 0.1) is 0 Å². The predicted molar refractivity (Wildman–Crippen MR) is 177 cm³/mol. The number of thiol groups is 3. The van der Waals surface area contributed by atoms with Gasteiger partial charge in [0.05, 0.1) is 50.7 Å². The summed E-state index contributed by atoms with van der Waals surface area (Å²) in [6.45, 7) is 0.433. The van der Waals surface area contributed by atoms with Crippen molar-refractivity contribution in [1.82, 2.24) is 20.1 Å². The summed E-state index contributed by atoms with van der Waals surface area (Å²) in [7, 11) is 4.64. The number of esters is 2. The average molecular weight is 731 g/mol. The van der Waals surface area contributed by atoms with Crippen molar-refractivity contribution in [3.63, 3.8) is 0 Å². The second-order valence-electron chi connectivity index (χ2n) is 8.85. The summed E-state index contributed by atoms with van der Waals surface area (Å²) >= 11 is 12.9. The molecule has 1 aliphatic carbocycles. The number of aldehydes is 1. The minimum atomic E-state index is -1.13. The fourth-order valence-electron chi connectivity index (χ4n) is 3.51. The van der Waals surface area contributed by atoms with Crippen LogP contribution in [-0.4, -0.2) is 110 Å². The van der Waals surface area contributed by atoms with E-state index >= 15 is 0 Å². The number of fused-ring (bicyclic) bond motifs is 1. The number of amides is 2. The van der Waals surface area contributed by atoms with Gasteiger partial charge in [0.2, 0.25) is 5.12 Å². The summed E-state index contributed by atoms with van der Waals surface area (Å²) in [5.41, 5.74) is 0.107. The van der Waals surface area contributed by atoms with Crippen LogP contribution in [0.4, 0.5) is 0 Å². The van der Waals surface area contributed by atoms with E-state index in [4.69, 9.17) is 18.9 Å². The number of nitrogens with one attached hydrogen (secondary N) is 4. The summed E-state index contributed by atoms with van der Waals surface area (Å²) in [6, 6.07) is -3.38. The number of carbonyl (C=O) groups excluding carboxylic acids is 6. The third-order valence-electron chi connectivity index (χ3n) is 5.83. The number of carbonyl (C=O) groups is 6. The van der Waals surface area contributed by atoms with Gasteiger partial charge < -0.3 is 34.4 Å². The fraction of sp³-hybridized carbons (Fsp3) is 0.583. The molecule has 0 aromatic rings. The van der Waals surface area contributed by atoms with Gasteiger partial charge in [0.1, 0.15) is 18.4 Å². The molecule has 0 bridgehead atoms. The molecule has 4 atom stereocenters. The van der Waals surface area contributed by atoms with Gasteiger partial charge in [-0.2, -0.15) is 25.3 Å². The Bertz CT molecular complexity index is 1140. The molecule has 44 heavy (non-hydrogen) atoms. The molecule has 2 aliphatic rings. The molecule has 0 aromatic carbocycles. The zero-order valence-electron chi connectivity index (χ0n) is 23.7. The van der Waals surface area contributed by atoms with E-state index in [-0.39, 0.29) is 65.3 Å². The van der Waals surface area contributed by atoms with Crippen LogP contribution >= 0.6 is 71.6 Å². The second kappa shape index (κ2) is 20.4. The largest absolute Gasteiger partial charge is 0.489 e. The van der Waals surface area contributed by atoms with Gasteiger partial charge in [-0.25, -0.2) is 14.3 Å². The molecule has 1 saturated heterocycles. The summed E-state index contributed by atoms with van der Waals surface area (Å²) in [4.78, 5) is 74.3. The number of hydrogen-bond acceptors (Lipinski definition) is 17. The van der Waals surface area contributed by atoms with Crippen molar-refractivity contribution >= 4 is 107 Å². The zero-order chi connectivity index (χ0) is 32.6. The van der Waals surface area contributed by atoms with E-state index in [1.54, 1.807) is 0 Å². The Balaban J connectivity index is 2.16. The molecule has 0 spiro atoms. The molecule has 246 valence electrons. The molecule has 1 heterocycles. The SMILES string of the molecule is COC(=O)C(CSN[C@@H](CS)C(=O)S)NC(=O)C1=C2OCCCOC2=C(C(=O)NC(CSSN[C@H](C=O)CS)C(=O)OC)C1. The smallest absolute Gasteiger partial charge is 0.329 e. The standard InChI is InChI=1S/C24H34N4O10S6/c1-35-22(32)16(10-42-28-15(9-40)24(34)41)25-20(30)13-6-14(19-18(13)37-4-3-5-38-19)21(31)26-17(23(33)36-2)11-43-44-27-12(7-29)8-39/h7,12,15-17,27-28,39-40H,3-6,8-11H2,1-2H3,(H,25,30)(H,26,31)(H,34,41)/t12-,15+,16?,17?/m1/s1. The van der Waals surface area contributed by atoms with E-state index in [0.717, 1.165) is 22.9 Å². The van der Waals surface area contributed by atoms with Gasteiger partial charge in [0.15, 0.2) is 11.5 Å². The van der Waals surface area contributed by atoms with E-state index in [1.807, 2.05) is 0 Å². The van der Waals surface area contributed by atoms with Gasteiger partial charge in [-0.1, -0.05) is 22.7 Å². The van der Waals surface area contributed by atoms with E-state index in [0.29, 0.717) is 12.7 Å². The Morgan fingerprint density at radius 3 is 1.86 bits per heavy atom. The number of hydrogen-bond donors (Lipinski definition) is 7. The number of methoxy groups -OCH3 is 2. The van der Waals surface area contributed by atoms with Crippen molar-refractivity contribution in [1.29, 1.82) is 0 Å². The first-order valence-electron chi connectivity index (χ1n) is 12.9. The lowest BCUT2D eigenvalue weighted by molar-refractivity contribution is -0.144. The maximum atomic E-state index is 13.4. The predicted octanol–water partition coefficient (Wildman–Crippen LogP) is 0.0267. The van der Waals surface area contributed by atoms with Crippen LogP contribution in [0.3, 0.4) is 0 Å². The lowest BCUT2D eigenvalue weighted by Gasteiger charge is -2.19. The Morgan fingerprint density at radius 1 is 0.864 bits per heavy atom. The van der Waals surface area contributed by atoms with Gasteiger partial charge in [0.25, 0.3) is 11.8 Å². The number of ether oxygens (including phenoxy) is 4. The van der Waals surface area contributed by atoms with Crippen molar-refractivity contribution in [2.45, 2.75) is 37.0 Å². The third-order valence-corrected chi connectivity index (χ3v) is 9.89. The Hall–Kier alpha value is -1.68. The Labute approximate surface area is 283 Å². The minimum absolute atomic E-state index is 0.00964. The summed E-state index contributed by atoms with van der Waals surface area (Å²) in [5.74, 6) is -2.17. The summed E-state index contributed by atoms with van der Waals surface area (Å²) in [5, 5.41) is 4.78. The molecule has 14 nitrogen and oxygen atoms in total. The highest BCUT2D eigenvalue weighted by Crippen LogP contribution is 2.36. The maximum Gasteiger partial charge on any atom is 0.329 e. The Kier molecular flexibility index (Phi) is 17.9. The highest BCUT2D eigenvalue weighted by molar-refractivity contribution is 8.76. The van der Waals surface area contributed by atoms with Crippen molar-refractivity contribution in [2.24, 2.45) is 0 Å². The zero-order valence-corrected chi connectivity index (χ0v) is 28.8. The van der Waals surface area contributed by atoms with E-state index in [1.165, 1.54) is 25.0 Å². The summed E-state index contributed by atoms with van der Waals surface area (Å²) in [6.07, 6.45) is 0.979. The first-order valence-corrected chi connectivity index (χ1v) is 17.9. The quantitative estimate of drug-likeness (QED) is 0.0236. The Morgan fingerprint density at radius 2 is 1.41 bits per heavy atom. The maximum absolute atomic E-state index is 13.4. The van der Waals surface area contributed by atoms with Crippen LogP contribution in [0.2, 0.25) is 0 Å². The van der Waals surface area contributed by atoms with Gasteiger partial charge >= 0.3 is 11.9 Å². The fourth-order valence-corrected chi connectivity index (χ4v) is 7.39. The molecule has 0 radical (unpaired) electrons. The summed E-state index contributed by atoms with van der Waals surface area (Å²) < 4.78 is 26.9. The molecular weight excluding hydrogens is 697 g/mol. The lowest BCUT2D eigenvalue weighted by atomic mass is 10.1. The lowest BCUT2D eigenvalue weighted by Crippen LogP contribution is -2.45. The normalized spacial score (nSPS) is 17.1. The van der Waals surface area contributed by atoms with Crippen molar-refractivity contribution in [3.8, 4) is 0 Å². The first-order chi connectivity index (χ1) is 21.1. The molecule has 0 saturated carbocycles. The van der Waals surface area contributed by atoms with Gasteiger partial charge in [-0.3, -0.25) is 19.1 Å². The van der Waals surface area contributed by atoms with Crippen LogP contribution in [-0.2, 0) is 47.7 Å². The number of rotatable bonds is 19. The highest BCUT2D eigenvalue weighted by Gasteiger charge is 2.38. The monoisotopic (exact) mass is 730 g/mol. The van der Waals surface area contributed by atoms with Crippen LogP contribution in [0.25, 0.3) is 0 Å². The van der Waals surface area contributed by atoms with Crippen LogP contribution < -0.4 is 20.1 Å². The van der Waals surface area contributed by atoms with Crippen LogP contribution in [0.1, 0.15) is 12.8 Å². The van der Waals surface area contributed by atoms with Crippen molar-refractivity contribution in [3.05, 3.63) is 22.7 Å². The highest BCUT2D eigenvalue weighted by atomic mass is 33.1. The molecule has 2 amide bonds. The van der Waals surface area contributed by atoms with Gasteiger partial charge in [-0.05, 0) is 11.0 Å². The molecule has 1 fully saturated rings. The van der Waals surface area contributed by atoms with E-state index in [2.05, 4.69) is 58.0 Å². The molecule has 20 heteroatoms. The van der Waals surface area contributed by atoms with Gasteiger partial charge in [-0.15, -0.1) is 12.6 Å². The topological polar surface area (TPSA) is 187 Å². The van der Waals surface area contributed by atoms with Crippen LogP contribution in [0.5, 0.6) is 0 Å². The molecular formula is C24H34N4O10S6. The molecule has 2 unspecified atom stereocenters. The third kappa shape index (κ3) is 11.6. The minimum Gasteiger partial charge on any atom is -0.489 e. The van der Waals surface area contributed by atoms with Crippen LogP contribution in [0.15, 0.2) is 22.7 Å². The second-order valence-corrected chi connectivity index (χ2v) is 13.1. The average Bonchev–Trinajstić information content (AvgIpc) is 3.21. The van der Waals surface area contributed by atoms with E-state index in [9.17, 15) is 28.8 Å². The first kappa shape index (κ1) is 38.5.